The van der Waals surface area contributed by atoms with Gasteiger partial charge in [-0.05, 0) is 6.07 Å². The summed E-state index contributed by atoms with van der Waals surface area (Å²) in [6.07, 6.45) is 0. The molecule has 0 aromatic heterocycles. The summed E-state index contributed by atoms with van der Waals surface area (Å²) in [6.45, 7) is 0.326. The van der Waals surface area contributed by atoms with E-state index in [0.717, 1.165) is 6.07 Å². The van der Waals surface area contributed by atoms with Crippen molar-refractivity contribution >= 4 is 12.4 Å². The third-order valence-corrected chi connectivity index (χ3v) is 1.34. The molecule has 0 aliphatic heterocycles. The van der Waals surface area contributed by atoms with Crippen molar-refractivity contribution in [2.75, 3.05) is 0 Å². The molecule has 0 heterocycles. The van der Waals surface area contributed by atoms with Gasteiger partial charge in [-0.2, -0.15) is 0 Å². The van der Waals surface area contributed by atoms with Crippen LogP contribution in [0, 0.1) is 5.82 Å². The molecule has 0 fully saturated rings. The van der Waals surface area contributed by atoms with Crippen molar-refractivity contribution in [2.45, 2.75) is 6.54 Å². The van der Waals surface area contributed by atoms with Gasteiger partial charge in [-0.3, -0.25) is 11.3 Å². The van der Waals surface area contributed by atoms with Gasteiger partial charge < -0.3 is 5.11 Å². The van der Waals surface area contributed by atoms with Gasteiger partial charge in [0.25, 0.3) is 0 Å². The first-order valence-corrected chi connectivity index (χ1v) is 3.15. The zero-order valence-corrected chi connectivity index (χ0v) is 7.07. The minimum atomic E-state index is -0.455. The lowest BCUT2D eigenvalue weighted by molar-refractivity contribution is 0.459. The molecule has 0 spiro atoms. The molecule has 0 radical (unpaired) electrons. The Labute approximate surface area is 75.8 Å². The SMILES string of the molecule is Cl.NNCc1ccc(F)cc1O. The van der Waals surface area contributed by atoms with Gasteiger partial charge in [0, 0.05) is 18.2 Å². The van der Waals surface area contributed by atoms with E-state index in [0.29, 0.717) is 12.1 Å². The van der Waals surface area contributed by atoms with Crippen LogP contribution in [0.1, 0.15) is 5.56 Å². The molecule has 1 rings (SSSR count). The number of hydrogen-bond donors (Lipinski definition) is 3. The van der Waals surface area contributed by atoms with Gasteiger partial charge in [0.05, 0.1) is 0 Å². The standard InChI is InChI=1S/C7H9FN2O.ClH/c8-6-2-1-5(4-10-9)7(11)3-6;/h1-3,10-11H,4,9H2;1H. The van der Waals surface area contributed by atoms with Crippen LogP contribution in [0.3, 0.4) is 0 Å². The number of halogens is 2. The second kappa shape index (κ2) is 4.92. The maximum atomic E-state index is 12.4. The predicted molar refractivity (Wildman–Crippen MR) is 46.3 cm³/mol. The van der Waals surface area contributed by atoms with E-state index < -0.39 is 5.82 Å². The molecule has 0 atom stereocenters. The fourth-order valence-electron chi connectivity index (χ4n) is 0.796. The van der Waals surface area contributed by atoms with E-state index in [9.17, 15) is 4.39 Å². The second-order valence-electron chi connectivity index (χ2n) is 2.15. The van der Waals surface area contributed by atoms with Gasteiger partial charge in [0.2, 0.25) is 0 Å². The number of hydrogen-bond acceptors (Lipinski definition) is 3. The molecule has 5 heteroatoms. The third kappa shape index (κ3) is 2.65. The Morgan fingerprint density at radius 1 is 1.50 bits per heavy atom. The number of rotatable bonds is 2. The molecule has 0 unspecified atom stereocenters. The average molecular weight is 193 g/mol. The Morgan fingerprint density at radius 2 is 2.17 bits per heavy atom. The first kappa shape index (κ1) is 11.2. The molecule has 68 valence electrons. The van der Waals surface area contributed by atoms with E-state index in [1.807, 2.05) is 0 Å². The smallest absolute Gasteiger partial charge is 0.126 e. The zero-order chi connectivity index (χ0) is 8.27. The lowest BCUT2D eigenvalue weighted by atomic mass is 10.2. The van der Waals surface area contributed by atoms with Gasteiger partial charge in [0.15, 0.2) is 0 Å². The average Bonchev–Trinajstić information content (AvgIpc) is 1.95. The summed E-state index contributed by atoms with van der Waals surface area (Å²) in [5, 5.41) is 9.09. The van der Waals surface area contributed by atoms with E-state index in [-0.39, 0.29) is 18.2 Å². The summed E-state index contributed by atoms with van der Waals surface area (Å²) in [7, 11) is 0. The predicted octanol–water partition coefficient (Wildman–Crippen LogP) is 0.916. The number of phenolic OH excluding ortho intramolecular Hbond substituents is 1. The Morgan fingerprint density at radius 3 is 2.67 bits per heavy atom. The van der Waals surface area contributed by atoms with Crippen LogP contribution in [0.15, 0.2) is 18.2 Å². The largest absolute Gasteiger partial charge is 0.508 e. The molecular weight excluding hydrogens is 183 g/mol. The van der Waals surface area contributed by atoms with Crippen molar-refractivity contribution in [1.29, 1.82) is 0 Å². The van der Waals surface area contributed by atoms with Crippen molar-refractivity contribution in [3.05, 3.63) is 29.6 Å². The van der Waals surface area contributed by atoms with Crippen LogP contribution in [0.2, 0.25) is 0 Å². The Hall–Kier alpha value is -0.840. The van der Waals surface area contributed by atoms with E-state index in [1.54, 1.807) is 0 Å². The zero-order valence-electron chi connectivity index (χ0n) is 6.25. The normalized spacial score (nSPS) is 9.17. The fraction of sp³-hybridized carbons (Fsp3) is 0.143. The maximum Gasteiger partial charge on any atom is 0.126 e. The third-order valence-electron chi connectivity index (χ3n) is 1.34. The van der Waals surface area contributed by atoms with Crippen molar-refractivity contribution in [3.63, 3.8) is 0 Å². The maximum absolute atomic E-state index is 12.4. The quantitative estimate of drug-likeness (QED) is 0.483. The van der Waals surface area contributed by atoms with Crippen molar-refractivity contribution in [1.82, 2.24) is 5.43 Å². The van der Waals surface area contributed by atoms with Crippen molar-refractivity contribution in [3.8, 4) is 5.75 Å². The highest BCUT2D eigenvalue weighted by Crippen LogP contribution is 2.16. The summed E-state index contributed by atoms with van der Waals surface area (Å²) in [4.78, 5) is 0. The van der Waals surface area contributed by atoms with Gasteiger partial charge in [-0.1, -0.05) is 6.07 Å². The lowest BCUT2D eigenvalue weighted by Gasteiger charge is -2.01. The molecule has 0 aliphatic carbocycles. The van der Waals surface area contributed by atoms with E-state index in [1.165, 1.54) is 12.1 Å². The van der Waals surface area contributed by atoms with Crippen LogP contribution in [-0.4, -0.2) is 5.11 Å². The first-order chi connectivity index (χ1) is 5.24. The van der Waals surface area contributed by atoms with Gasteiger partial charge in [0.1, 0.15) is 11.6 Å². The highest BCUT2D eigenvalue weighted by Gasteiger charge is 2.00. The summed E-state index contributed by atoms with van der Waals surface area (Å²) >= 11 is 0. The van der Waals surface area contributed by atoms with Gasteiger partial charge in [-0.25, -0.2) is 4.39 Å². The summed E-state index contributed by atoms with van der Waals surface area (Å²) < 4.78 is 12.4. The second-order valence-corrected chi connectivity index (χ2v) is 2.15. The lowest BCUT2D eigenvalue weighted by Crippen LogP contribution is -2.20. The molecule has 1 aromatic carbocycles. The molecule has 12 heavy (non-hydrogen) atoms. The highest BCUT2D eigenvalue weighted by molar-refractivity contribution is 5.85. The van der Waals surface area contributed by atoms with Crippen LogP contribution >= 0.6 is 12.4 Å². The summed E-state index contributed by atoms with van der Waals surface area (Å²) in [6, 6.07) is 3.80. The monoisotopic (exact) mass is 192 g/mol. The Balaban J connectivity index is 0.00000121. The number of nitrogens with one attached hydrogen (secondary N) is 1. The number of nitrogens with two attached hydrogens (primary N) is 1. The topological polar surface area (TPSA) is 58.3 Å². The van der Waals surface area contributed by atoms with E-state index >= 15 is 0 Å². The Kier molecular flexibility index (Phi) is 4.58. The van der Waals surface area contributed by atoms with Crippen molar-refractivity contribution < 1.29 is 9.50 Å². The molecule has 3 nitrogen and oxygen atoms in total. The van der Waals surface area contributed by atoms with Crippen LogP contribution < -0.4 is 11.3 Å². The number of hydrazine groups is 1. The molecule has 1 aromatic rings. The van der Waals surface area contributed by atoms with Gasteiger partial charge >= 0.3 is 0 Å². The van der Waals surface area contributed by atoms with Crippen LogP contribution in [0.4, 0.5) is 4.39 Å². The number of aromatic hydroxyl groups is 1. The molecular formula is C7H10ClFN2O. The molecule has 0 bridgehead atoms. The van der Waals surface area contributed by atoms with E-state index in [4.69, 9.17) is 10.9 Å². The molecule has 0 saturated carbocycles. The van der Waals surface area contributed by atoms with Gasteiger partial charge in [-0.15, -0.1) is 12.4 Å². The molecule has 0 saturated heterocycles. The summed E-state index contributed by atoms with van der Waals surface area (Å²) in [5.74, 6) is 4.48. The minimum Gasteiger partial charge on any atom is -0.508 e. The molecule has 0 aliphatic rings. The first-order valence-electron chi connectivity index (χ1n) is 3.15. The fourth-order valence-corrected chi connectivity index (χ4v) is 0.796. The molecule has 0 amide bonds. The van der Waals surface area contributed by atoms with Crippen LogP contribution in [0.5, 0.6) is 5.75 Å². The number of phenols is 1. The van der Waals surface area contributed by atoms with Crippen molar-refractivity contribution in [2.24, 2.45) is 5.84 Å². The highest BCUT2D eigenvalue weighted by atomic mass is 35.5. The van der Waals surface area contributed by atoms with Crippen LogP contribution in [0.25, 0.3) is 0 Å². The Bertz CT molecular complexity index is 257. The van der Waals surface area contributed by atoms with E-state index in [2.05, 4.69) is 5.43 Å². The molecule has 4 N–H and O–H groups in total. The summed E-state index contributed by atoms with van der Waals surface area (Å²) in [5.41, 5.74) is 2.94. The van der Waals surface area contributed by atoms with Crippen LogP contribution in [-0.2, 0) is 6.54 Å². The minimum absolute atomic E-state index is 0. The number of benzene rings is 1.